The number of fused-ring (bicyclic) bond motifs is 1. The van der Waals surface area contributed by atoms with Gasteiger partial charge in [0, 0.05) is 51.2 Å². The highest BCUT2D eigenvalue weighted by Crippen LogP contribution is 2.22. The van der Waals surface area contributed by atoms with Crippen LogP contribution in [0.2, 0.25) is 0 Å². The number of aryl methyl sites for hydroxylation is 1. The third-order valence-electron chi connectivity index (χ3n) is 7.57. The molecule has 1 atom stereocenters. The van der Waals surface area contributed by atoms with Crippen LogP contribution in [0.5, 0.6) is 0 Å². The van der Waals surface area contributed by atoms with E-state index in [-0.39, 0.29) is 17.8 Å². The molecule has 0 aliphatic carbocycles. The summed E-state index contributed by atoms with van der Waals surface area (Å²) in [5.74, 6) is -0.530. The average molecular weight is 501 g/mol. The van der Waals surface area contributed by atoms with E-state index in [0.717, 1.165) is 81.6 Å². The van der Waals surface area contributed by atoms with Crippen LogP contribution in [0.1, 0.15) is 50.7 Å². The van der Waals surface area contributed by atoms with E-state index in [1.807, 2.05) is 30.9 Å². The van der Waals surface area contributed by atoms with Crippen molar-refractivity contribution in [2.24, 2.45) is 5.92 Å². The summed E-state index contributed by atoms with van der Waals surface area (Å²) in [6.45, 7) is 12.0. The van der Waals surface area contributed by atoms with Crippen molar-refractivity contribution in [2.45, 2.75) is 58.9 Å². The Kier molecular flexibility index (Phi) is 8.85. The first kappa shape index (κ1) is 26.4. The molecule has 2 saturated heterocycles. The largest absolute Gasteiger partial charge is 0.465 e. The number of ether oxygens (including phenoxy) is 1. The van der Waals surface area contributed by atoms with Crippen molar-refractivity contribution in [2.75, 3.05) is 52.4 Å². The second kappa shape index (κ2) is 12.1. The number of unbranched alkanes of at least 4 members (excludes halogenated alkanes) is 1. The minimum atomic E-state index is -0.456. The number of H-pyrrole nitrogens is 1. The van der Waals surface area contributed by atoms with Crippen LogP contribution in [-0.4, -0.2) is 90.0 Å². The number of amides is 1. The van der Waals surface area contributed by atoms with Gasteiger partial charge in [0.15, 0.2) is 5.58 Å². The summed E-state index contributed by atoms with van der Waals surface area (Å²) >= 11 is 0. The zero-order valence-corrected chi connectivity index (χ0v) is 21.9. The molecule has 0 saturated carbocycles. The normalized spacial score (nSPS) is 19.0. The molecule has 2 aliphatic rings. The van der Waals surface area contributed by atoms with Crippen molar-refractivity contribution in [3.05, 3.63) is 33.8 Å². The zero-order chi connectivity index (χ0) is 25.7. The molecule has 3 heterocycles. The molecule has 4 rings (SSSR count). The SMILES string of the molecule is CCCCOC(=O)CN1CCC(N2CCN(C(=O)[C@H](C)Cc3cc(C)c4[nH]c(=O)oc4c3)CC2)CC1. The summed E-state index contributed by atoms with van der Waals surface area (Å²) in [6.07, 6.45) is 4.66. The van der Waals surface area contributed by atoms with Crippen LogP contribution in [-0.2, 0) is 20.7 Å². The van der Waals surface area contributed by atoms with Crippen LogP contribution in [0.3, 0.4) is 0 Å². The Bertz CT molecular complexity index is 1090. The number of nitrogens with one attached hydrogen (secondary N) is 1. The first-order chi connectivity index (χ1) is 17.3. The van der Waals surface area contributed by atoms with Crippen molar-refractivity contribution in [1.82, 2.24) is 19.7 Å². The van der Waals surface area contributed by atoms with E-state index in [0.29, 0.717) is 31.2 Å². The summed E-state index contributed by atoms with van der Waals surface area (Å²) in [5, 5.41) is 0. The maximum atomic E-state index is 13.2. The molecule has 36 heavy (non-hydrogen) atoms. The predicted octanol–water partition coefficient (Wildman–Crippen LogP) is 2.56. The lowest BCUT2D eigenvalue weighted by atomic mass is 9.97. The van der Waals surface area contributed by atoms with Gasteiger partial charge in [-0.3, -0.25) is 24.4 Å². The van der Waals surface area contributed by atoms with Crippen molar-refractivity contribution in [3.63, 3.8) is 0 Å². The molecular weight excluding hydrogens is 460 g/mol. The quantitative estimate of drug-likeness (QED) is 0.417. The third kappa shape index (κ3) is 6.56. The maximum Gasteiger partial charge on any atom is 0.417 e. The molecule has 0 spiro atoms. The second-order valence-corrected chi connectivity index (χ2v) is 10.3. The van der Waals surface area contributed by atoms with Crippen molar-refractivity contribution in [3.8, 4) is 0 Å². The highest BCUT2D eigenvalue weighted by Gasteiger charge is 2.30. The maximum absolute atomic E-state index is 13.2. The van der Waals surface area contributed by atoms with E-state index in [9.17, 15) is 14.4 Å². The predicted molar refractivity (Wildman–Crippen MR) is 138 cm³/mol. The Hall–Kier alpha value is -2.65. The van der Waals surface area contributed by atoms with Gasteiger partial charge in [-0.15, -0.1) is 0 Å². The lowest BCUT2D eigenvalue weighted by Gasteiger charge is -2.43. The van der Waals surface area contributed by atoms with Gasteiger partial charge in [-0.2, -0.15) is 0 Å². The van der Waals surface area contributed by atoms with Crippen molar-refractivity contribution in [1.29, 1.82) is 0 Å². The zero-order valence-electron chi connectivity index (χ0n) is 21.9. The Morgan fingerprint density at radius 2 is 1.86 bits per heavy atom. The van der Waals surface area contributed by atoms with Gasteiger partial charge in [0.25, 0.3) is 0 Å². The molecule has 2 aromatic rings. The van der Waals surface area contributed by atoms with Crippen LogP contribution >= 0.6 is 0 Å². The third-order valence-corrected chi connectivity index (χ3v) is 7.57. The molecule has 1 aromatic heterocycles. The number of piperazine rings is 1. The number of esters is 1. The minimum Gasteiger partial charge on any atom is -0.465 e. The molecule has 0 radical (unpaired) electrons. The number of likely N-dealkylation sites (tertiary alicyclic amines) is 1. The van der Waals surface area contributed by atoms with E-state index in [2.05, 4.69) is 21.7 Å². The number of rotatable bonds is 9. The Morgan fingerprint density at radius 3 is 2.56 bits per heavy atom. The summed E-state index contributed by atoms with van der Waals surface area (Å²) in [5.41, 5.74) is 3.21. The fourth-order valence-corrected chi connectivity index (χ4v) is 5.47. The summed E-state index contributed by atoms with van der Waals surface area (Å²) in [7, 11) is 0. The van der Waals surface area contributed by atoms with E-state index in [4.69, 9.17) is 9.15 Å². The van der Waals surface area contributed by atoms with Crippen molar-refractivity contribution < 1.29 is 18.7 Å². The number of aromatic amines is 1. The molecule has 1 aromatic carbocycles. The number of oxazole rings is 1. The average Bonchev–Trinajstić information content (AvgIpc) is 3.25. The van der Waals surface area contributed by atoms with Gasteiger partial charge in [0.1, 0.15) is 0 Å². The molecule has 0 unspecified atom stereocenters. The van der Waals surface area contributed by atoms with Crippen LogP contribution in [0.4, 0.5) is 0 Å². The van der Waals surface area contributed by atoms with Crippen LogP contribution in [0.15, 0.2) is 21.3 Å². The molecule has 2 aliphatic heterocycles. The summed E-state index contributed by atoms with van der Waals surface area (Å²) in [4.78, 5) is 46.1. The number of hydrogen-bond donors (Lipinski definition) is 1. The molecule has 9 heteroatoms. The van der Waals surface area contributed by atoms with Crippen LogP contribution in [0, 0.1) is 12.8 Å². The number of aromatic nitrogens is 1. The molecular formula is C27H40N4O5. The van der Waals surface area contributed by atoms with Crippen molar-refractivity contribution >= 4 is 23.0 Å². The molecule has 198 valence electrons. The molecule has 1 amide bonds. The van der Waals surface area contributed by atoms with Gasteiger partial charge in [-0.25, -0.2) is 4.79 Å². The first-order valence-corrected chi connectivity index (χ1v) is 13.4. The van der Waals surface area contributed by atoms with E-state index < -0.39 is 5.76 Å². The number of benzene rings is 1. The van der Waals surface area contributed by atoms with Gasteiger partial charge >= 0.3 is 11.7 Å². The van der Waals surface area contributed by atoms with E-state index in [1.54, 1.807) is 0 Å². The number of carbonyl (C=O) groups excluding carboxylic acids is 2. The number of carbonyl (C=O) groups is 2. The van der Waals surface area contributed by atoms with Crippen LogP contribution < -0.4 is 5.76 Å². The Labute approximate surface area is 212 Å². The summed E-state index contributed by atoms with van der Waals surface area (Å²) < 4.78 is 10.5. The van der Waals surface area contributed by atoms with Gasteiger partial charge < -0.3 is 14.1 Å². The Balaban J connectivity index is 1.20. The lowest BCUT2D eigenvalue weighted by molar-refractivity contribution is -0.145. The van der Waals surface area contributed by atoms with Gasteiger partial charge in [-0.05, 0) is 49.8 Å². The fourth-order valence-electron chi connectivity index (χ4n) is 5.47. The standard InChI is InChI=1S/C27H40N4O5/c1-4-5-14-35-24(32)18-29-8-6-22(7-9-29)30-10-12-31(13-11-30)26(33)20(3)16-21-15-19(2)25-23(17-21)36-27(34)28-25/h15,17,20,22H,4-14,16,18H2,1-3H3,(H,28,34)/t20-/m1/s1. The molecule has 1 N–H and O–H groups in total. The molecule has 2 fully saturated rings. The van der Waals surface area contributed by atoms with E-state index >= 15 is 0 Å². The smallest absolute Gasteiger partial charge is 0.417 e. The number of hydrogen-bond acceptors (Lipinski definition) is 7. The summed E-state index contributed by atoms with van der Waals surface area (Å²) in [6, 6.07) is 4.39. The molecule has 9 nitrogen and oxygen atoms in total. The topological polar surface area (TPSA) is 99.1 Å². The van der Waals surface area contributed by atoms with Gasteiger partial charge in [0.2, 0.25) is 5.91 Å². The van der Waals surface area contributed by atoms with Crippen LogP contribution in [0.25, 0.3) is 11.1 Å². The minimum absolute atomic E-state index is 0.115. The highest BCUT2D eigenvalue weighted by atomic mass is 16.5. The number of nitrogens with zero attached hydrogens (tertiary/aromatic N) is 3. The van der Waals surface area contributed by atoms with Gasteiger partial charge in [0.05, 0.1) is 18.7 Å². The van der Waals surface area contributed by atoms with E-state index in [1.165, 1.54) is 0 Å². The Morgan fingerprint density at radius 1 is 1.14 bits per heavy atom. The monoisotopic (exact) mass is 500 g/mol. The van der Waals surface area contributed by atoms with Gasteiger partial charge in [-0.1, -0.05) is 26.3 Å². The first-order valence-electron chi connectivity index (χ1n) is 13.4. The number of piperidine rings is 1. The molecule has 0 bridgehead atoms. The lowest BCUT2D eigenvalue weighted by Crippen LogP contribution is -2.55. The fraction of sp³-hybridized carbons (Fsp3) is 0.667. The highest BCUT2D eigenvalue weighted by molar-refractivity contribution is 5.80. The second-order valence-electron chi connectivity index (χ2n) is 10.3.